The maximum Gasteiger partial charge on any atom is 0.326 e. The van der Waals surface area contributed by atoms with Gasteiger partial charge in [0.25, 0.3) is 5.91 Å². The van der Waals surface area contributed by atoms with Crippen LogP contribution in [0.15, 0.2) is 53.5 Å². The van der Waals surface area contributed by atoms with E-state index in [0.717, 1.165) is 11.3 Å². The van der Waals surface area contributed by atoms with E-state index in [2.05, 4.69) is 4.99 Å². The molecule has 5 nitrogen and oxygen atoms in total. The number of carbonyl (C=O) groups is 2. The van der Waals surface area contributed by atoms with Gasteiger partial charge in [0.1, 0.15) is 12.4 Å². The molecule has 0 aliphatic rings. The highest BCUT2D eigenvalue weighted by Gasteiger charge is 2.13. The number of nitrogens with zero attached hydrogens (tertiary/aromatic N) is 2. The quantitative estimate of drug-likeness (QED) is 0.673. The molecular weight excluding hydrogens is 343 g/mol. The molecule has 0 fully saturated rings. The molecule has 0 aliphatic heterocycles. The largest absolute Gasteiger partial charge is 0.465 e. The molecule has 1 heterocycles. The van der Waals surface area contributed by atoms with Crippen LogP contribution >= 0.6 is 11.3 Å². The summed E-state index contributed by atoms with van der Waals surface area (Å²) >= 11 is 1.15. The van der Waals surface area contributed by atoms with Crippen LogP contribution in [0.1, 0.15) is 17.3 Å². The zero-order chi connectivity index (χ0) is 17.8. The van der Waals surface area contributed by atoms with E-state index in [0.29, 0.717) is 20.6 Å². The molecule has 2 aromatic carbocycles. The van der Waals surface area contributed by atoms with E-state index in [9.17, 15) is 14.0 Å². The van der Waals surface area contributed by atoms with E-state index in [1.165, 1.54) is 12.1 Å². The maximum absolute atomic E-state index is 13.5. The molecule has 1 aromatic heterocycles. The minimum Gasteiger partial charge on any atom is -0.465 e. The molecule has 3 aromatic rings. The fourth-order valence-corrected chi connectivity index (χ4v) is 3.41. The summed E-state index contributed by atoms with van der Waals surface area (Å²) in [5, 5.41) is 0. The van der Waals surface area contributed by atoms with Gasteiger partial charge >= 0.3 is 5.97 Å². The van der Waals surface area contributed by atoms with Crippen LogP contribution in [0, 0.1) is 5.82 Å². The van der Waals surface area contributed by atoms with E-state index in [1.807, 2.05) is 0 Å². The lowest BCUT2D eigenvalue weighted by molar-refractivity contribution is -0.143. The lowest BCUT2D eigenvalue weighted by atomic mass is 10.2. The van der Waals surface area contributed by atoms with E-state index in [-0.39, 0.29) is 13.2 Å². The van der Waals surface area contributed by atoms with Crippen LogP contribution in [-0.4, -0.2) is 23.1 Å². The van der Waals surface area contributed by atoms with Crippen LogP contribution in [0.2, 0.25) is 0 Å². The molecule has 0 N–H and O–H groups in total. The number of fused-ring (bicyclic) bond motifs is 1. The molecule has 0 radical (unpaired) electrons. The van der Waals surface area contributed by atoms with Crippen molar-refractivity contribution in [2.45, 2.75) is 13.5 Å². The number of aromatic nitrogens is 1. The van der Waals surface area contributed by atoms with Gasteiger partial charge < -0.3 is 9.30 Å². The third-order valence-electron chi connectivity index (χ3n) is 3.46. The van der Waals surface area contributed by atoms with Gasteiger partial charge in [-0.15, -0.1) is 0 Å². The van der Waals surface area contributed by atoms with Crippen LogP contribution in [0.4, 0.5) is 4.39 Å². The molecule has 0 saturated carbocycles. The Kier molecular flexibility index (Phi) is 5.04. The van der Waals surface area contributed by atoms with Gasteiger partial charge in [-0.25, -0.2) is 4.39 Å². The number of amides is 1. The van der Waals surface area contributed by atoms with Crippen molar-refractivity contribution in [2.24, 2.45) is 4.99 Å². The van der Waals surface area contributed by atoms with Crippen molar-refractivity contribution in [3.8, 4) is 0 Å². The Labute approximate surface area is 147 Å². The predicted octanol–water partition coefficient (Wildman–Crippen LogP) is 3.15. The second kappa shape index (κ2) is 7.40. The van der Waals surface area contributed by atoms with Crippen molar-refractivity contribution in [1.29, 1.82) is 0 Å². The van der Waals surface area contributed by atoms with Gasteiger partial charge in [-0.2, -0.15) is 4.99 Å². The summed E-state index contributed by atoms with van der Waals surface area (Å²) in [5.74, 6) is -1.26. The average Bonchev–Trinajstić information content (AvgIpc) is 2.92. The van der Waals surface area contributed by atoms with Crippen LogP contribution in [0.25, 0.3) is 10.2 Å². The zero-order valence-corrected chi connectivity index (χ0v) is 14.3. The van der Waals surface area contributed by atoms with Crippen molar-refractivity contribution in [2.75, 3.05) is 6.61 Å². The van der Waals surface area contributed by atoms with Crippen molar-refractivity contribution < 1.29 is 18.7 Å². The predicted molar refractivity (Wildman–Crippen MR) is 92.7 cm³/mol. The lowest BCUT2D eigenvalue weighted by Gasteiger charge is -2.05. The van der Waals surface area contributed by atoms with Gasteiger partial charge in [0.05, 0.1) is 16.8 Å². The lowest BCUT2D eigenvalue weighted by Crippen LogP contribution is -2.23. The Balaban J connectivity index is 2.11. The van der Waals surface area contributed by atoms with Crippen LogP contribution in [0.5, 0.6) is 0 Å². The van der Waals surface area contributed by atoms with E-state index in [4.69, 9.17) is 4.74 Å². The molecule has 1 amide bonds. The number of hydrogen-bond acceptors (Lipinski definition) is 4. The monoisotopic (exact) mass is 358 g/mol. The highest BCUT2D eigenvalue weighted by Crippen LogP contribution is 2.19. The third-order valence-corrected chi connectivity index (χ3v) is 4.50. The molecule has 25 heavy (non-hydrogen) atoms. The molecule has 3 rings (SSSR count). The molecule has 0 aliphatic carbocycles. The summed E-state index contributed by atoms with van der Waals surface area (Å²) in [4.78, 5) is 28.7. The summed E-state index contributed by atoms with van der Waals surface area (Å²) in [5.41, 5.74) is 1.06. The Morgan fingerprint density at radius 1 is 1.20 bits per heavy atom. The Morgan fingerprint density at radius 2 is 1.96 bits per heavy atom. The number of thiazole rings is 1. The van der Waals surface area contributed by atoms with Gasteiger partial charge in [-0.3, -0.25) is 9.59 Å². The van der Waals surface area contributed by atoms with E-state index >= 15 is 0 Å². The molecule has 0 atom stereocenters. The highest BCUT2D eigenvalue weighted by molar-refractivity contribution is 7.16. The average molecular weight is 358 g/mol. The van der Waals surface area contributed by atoms with Gasteiger partial charge in [-0.1, -0.05) is 29.5 Å². The maximum atomic E-state index is 13.5. The SMILES string of the molecule is CCOC(=O)Cn1c(=NC(=O)c2ccccc2)sc2cc(F)ccc21. The first-order valence-corrected chi connectivity index (χ1v) is 8.48. The molecule has 0 spiro atoms. The van der Waals surface area contributed by atoms with Crippen molar-refractivity contribution in [3.63, 3.8) is 0 Å². The molecule has 0 unspecified atom stereocenters. The van der Waals surface area contributed by atoms with Crippen molar-refractivity contribution in [3.05, 3.63) is 64.7 Å². The topological polar surface area (TPSA) is 60.7 Å². The minimum atomic E-state index is -0.444. The first-order chi connectivity index (χ1) is 12.1. The number of benzene rings is 2. The third kappa shape index (κ3) is 3.83. The Morgan fingerprint density at radius 3 is 2.68 bits per heavy atom. The van der Waals surface area contributed by atoms with Gasteiger partial charge in [0.15, 0.2) is 4.80 Å². The minimum absolute atomic E-state index is 0.0968. The van der Waals surface area contributed by atoms with Crippen molar-refractivity contribution in [1.82, 2.24) is 4.57 Å². The van der Waals surface area contributed by atoms with E-state index in [1.54, 1.807) is 47.9 Å². The second-order valence-electron chi connectivity index (χ2n) is 5.17. The zero-order valence-electron chi connectivity index (χ0n) is 13.4. The molecule has 0 saturated heterocycles. The first kappa shape index (κ1) is 17.0. The fourth-order valence-electron chi connectivity index (χ4n) is 2.35. The summed E-state index contributed by atoms with van der Waals surface area (Å²) in [6.45, 7) is 1.87. The van der Waals surface area contributed by atoms with Gasteiger partial charge in [0, 0.05) is 5.56 Å². The molecular formula is C18H15FN2O3S. The normalized spacial score (nSPS) is 11.7. The molecule has 128 valence electrons. The second-order valence-corrected chi connectivity index (χ2v) is 6.18. The summed E-state index contributed by atoms with van der Waals surface area (Å²) in [6.07, 6.45) is 0. The highest BCUT2D eigenvalue weighted by atomic mass is 32.1. The number of hydrogen-bond donors (Lipinski definition) is 0. The first-order valence-electron chi connectivity index (χ1n) is 7.67. The Hall–Kier alpha value is -2.80. The number of halogens is 1. The Bertz CT molecular complexity index is 992. The van der Waals surface area contributed by atoms with Gasteiger partial charge in [-0.05, 0) is 37.3 Å². The smallest absolute Gasteiger partial charge is 0.326 e. The number of rotatable bonds is 4. The number of ether oxygens (including phenoxy) is 1. The van der Waals surface area contributed by atoms with Gasteiger partial charge in [0.2, 0.25) is 0 Å². The molecule has 7 heteroatoms. The fraction of sp³-hybridized carbons (Fsp3) is 0.167. The van der Waals surface area contributed by atoms with Crippen LogP contribution in [0.3, 0.4) is 0 Å². The summed E-state index contributed by atoms with van der Waals surface area (Å²) in [7, 11) is 0. The molecule has 0 bridgehead atoms. The summed E-state index contributed by atoms with van der Waals surface area (Å²) in [6, 6.07) is 12.8. The number of carbonyl (C=O) groups excluding carboxylic acids is 2. The van der Waals surface area contributed by atoms with Crippen molar-refractivity contribution >= 4 is 33.4 Å². The van der Waals surface area contributed by atoms with Crippen LogP contribution < -0.4 is 4.80 Å². The van der Waals surface area contributed by atoms with Crippen LogP contribution in [-0.2, 0) is 16.1 Å². The van der Waals surface area contributed by atoms with E-state index < -0.39 is 17.7 Å². The number of esters is 1. The summed E-state index contributed by atoms with van der Waals surface area (Å²) < 4.78 is 20.6. The standard InChI is InChI=1S/C18H15FN2O3S/c1-2-24-16(22)11-21-14-9-8-13(19)10-15(14)25-18(21)20-17(23)12-6-4-3-5-7-12/h3-10H,2,11H2,1H3.